The quantitative estimate of drug-likeness (QED) is 0.729. The minimum absolute atomic E-state index is 1.08. The van der Waals surface area contributed by atoms with Gasteiger partial charge in [-0.1, -0.05) is 12.1 Å². The lowest BCUT2D eigenvalue weighted by atomic mass is 10.1. The highest BCUT2D eigenvalue weighted by atomic mass is 15.2. The molecule has 82 valence electrons. The molecular weight excluding hydrogens is 198 g/mol. The van der Waals surface area contributed by atoms with E-state index in [1.165, 1.54) is 23.8 Å². The smallest absolute Gasteiger partial charge is 0.139 e. The zero-order valence-electron chi connectivity index (χ0n) is 9.48. The lowest BCUT2D eigenvalue weighted by molar-refractivity contribution is 0.939. The van der Waals surface area contributed by atoms with Crippen LogP contribution < -0.4 is 4.90 Å². The summed E-state index contributed by atoms with van der Waals surface area (Å²) in [5, 5.41) is 1.18. The molecule has 1 saturated heterocycles. The van der Waals surface area contributed by atoms with Gasteiger partial charge in [0.25, 0.3) is 0 Å². The minimum atomic E-state index is 1.08. The number of nitrogens with zero attached hydrogens (tertiary/aromatic N) is 3. The predicted molar refractivity (Wildman–Crippen MR) is 65.7 cm³/mol. The van der Waals surface area contributed by atoms with Crippen LogP contribution in [0.3, 0.4) is 0 Å². The molecule has 0 amide bonds. The van der Waals surface area contributed by atoms with E-state index >= 15 is 0 Å². The molecule has 1 aliphatic rings. The Morgan fingerprint density at radius 1 is 1.12 bits per heavy atom. The first-order valence-electron chi connectivity index (χ1n) is 5.81. The second-order valence-corrected chi connectivity index (χ2v) is 4.36. The van der Waals surface area contributed by atoms with Gasteiger partial charge in [0.2, 0.25) is 0 Å². The van der Waals surface area contributed by atoms with Crippen molar-refractivity contribution in [3.63, 3.8) is 0 Å². The molecule has 1 aromatic heterocycles. The molecule has 0 aliphatic carbocycles. The van der Waals surface area contributed by atoms with Gasteiger partial charge in [-0.3, -0.25) is 0 Å². The zero-order valence-corrected chi connectivity index (χ0v) is 9.48. The summed E-state index contributed by atoms with van der Waals surface area (Å²) < 4.78 is 0. The van der Waals surface area contributed by atoms with Crippen molar-refractivity contribution < 1.29 is 0 Å². The van der Waals surface area contributed by atoms with E-state index in [2.05, 4.69) is 40.0 Å². The van der Waals surface area contributed by atoms with Crippen LogP contribution in [-0.2, 0) is 0 Å². The fourth-order valence-electron chi connectivity index (χ4n) is 2.40. The Kier molecular flexibility index (Phi) is 2.24. The molecule has 1 fully saturated rings. The molecule has 0 spiro atoms. The third-order valence-corrected chi connectivity index (χ3v) is 3.25. The average molecular weight is 213 g/mol. The maximum atomic E-state index is 4.44. The van der Waals surface area contributed by atoms with Crippen LogP contribution in [0, 0.1) is 6.92 Å². The van der Waals surface area contributed by atoms with E-state index in [4.69, 9.17) is 0 Å². The van der Waals surface area contributed by atoms with E-state index in [9.17, 15) is 0 Å². The van der Waals surface area contributed by atoms with E-state index in [1.54, 1.807) is 6.33 Å². The summed E-state index contributed by atoms with van der Waals surface area (Å²) in [6, 6.07) is 6.31. The van der Waals surface area contributed by atoms with Gasteiger partial charge in [-0.25, -0.2) is 9.97 Å². The Morgan fingerprint density at radius 2 is 1.94 bits per heavy atom. The Morgan fingerprint density at radius 3 is 2.75 bits per heavy atom. The van der Waals surface area contributed by atoms with Crippen molar-refractivity contribution in [3.05, 3.63) is 30.1 Å². The summed E-state index contributed by atoms with van der Waals surface area (Å²) in [4.78, 5) is 11.2. The maximum Gasteiger partial charge on any atom is 0.139 e. The van der Waals surface area contributed by atoms with Gasteiger partial charge in [0.1, 0.15) is 12.1 Å². The fraction of sp³-hybridized carbons (Fsp3) is 0.385. The number of rotatable bonds is 1. The molecule has 2 heterocycles. The molecule has 0 saturated carbocycles. The summed E-state index contributed by atoms with van der Waals surface area (Å²) in [7, 11) is 0. The first-order chi connectivity index (χ1) is 7.86. The summed E-state index contributed by atoms with van der Waals surface area (Å²) in [5.41, 5.74) is 2.31. The van der Waals surface area contributed by atoms with E-state index in [-0.39, 0.29) is 0 Å². The van der Waals surface area contributed by atoms with E-state index in [1.807, 2.05) is 0 Å². The van der Waals surface area contributed by atoms with E-state index in [0.717, 1.165) is 24.4 Å². The number of hydrogen-bond acceptors (Lipinski definition) is 3. The number of fused-ring (bicyclic) bond motifs is 1. The van der Waals surface area contributed by atoms with Crippen LogP contribution in [0.15, 0.2) is 24.5 Å². The van der Waals surface area contributed by atoms with Crippen LogP contribution in [0.2, 0.25) is 0 Å². The number of hydrogen-bond donors (Lipinski definition) is 0. The summed E-state index contributed by atoms with van der Waals surface area (Å²) in [6.07, 6.45) is 4.23. The molecule has 0 atom stereocenters. The second-order valence-electron chi connectivity index (χ2n) is 4.36. The topological polar surface area (TPSA) is 29.0 Å². The lowest BCUT2D eigenvalue weighted by Crippen LogP contribution is -2.19. The lowest BCUT2D eigenvalue weighted by Gasteiger charge is -2.18. The van der Waals surface area contributed by atoms with Crippen molar-refractivity contribution in [2.24, 2.45) is 0 Å². The second kappa shape index (κ2) is 3.74. The third kappa shape index (κ3) is 1.43. The number of benzene rings is 1. The van der Waals surface area contributed by atoms with Crippen LogP contribution in [0.1, 0.15) is 18.4 Å². The standard InChI is InChI=1S/C13H15N3/c1-10-5-4-6-11-12(10)14-9-15-13(11)16-7-2-3-8-16/h4-6,9H,2-3,7-8H2,1H3. The molecule has 2 aromatic rings. The molecule has 0 bridgehead atoms. The normalized spacial score (nSPS) is 15.9. The Hall–Kier alpha value is -1.64. The molecule has 0 radical (unpaired) electrons. The first kappa shape index (κ1) is 9.58. The molecule has 3 heteroatoms. The van der Waals surface area contributed by atoms with Crippen LogP contribution >= 0.6 is 0 Å². The average Bonchev–Trinajstić information content (AvgIpc) is 2.82. The van der Waals surface area contributed by atoms with Crippen molar-refractivity contribution in [1.82, 2.24) is 9.97 Å². The highest BCUT2D eigenvalue weighted by Gasteiger charge is 2.16. The van der Waals surface area contributed by atoms with Gasteiger partial charge in [0, 0.05) is 18.5 Å². The molecule has 16 heavy (non-hydrogen) atoms. The molecule has 0 N–H and O–H groups in total. The van der Waals surface area contributed by atoms with Gasteiger partial charge in [-0.05, 0) is 31.4 Å². The van der Waals surface area contributed by atoms with E-state index in [0.29, 0.717) is 0 Å². The summed E-state index contributed by atoms with van der Waals surface area (Å²) in [5.74, 6) is 1.10. The third-order valence-electron chi connectivity index (χ3n) is 3.25. The Labute approximate surface area is 95.1 Å². The van der Waals surface area contributed by atoms with Gasteiger partial charge in [0.15, 0.2) is 0 Å². The molecule has 3 rings (SSSR count). The minimum Gasteiger partial charge on any atom is -0.356 e. The molecule has 0 unspecified atom stereocenters. The Bertz CT molecular complexity index is 516. The number of para-hydroxylation sites is 1. The van der Waals surface area contributed by atoms with Gasteiger partial charge in [-0.2, -0.15) is 0 Å². The monoisotopic (exact) mass is 213 g/mol. The van der Waals surface area contributed by atoms with Gasteiger partial charge >= 0.3 is 0 Å². The number of aromatic nitrogens is 2. The van der Waals surface area contributed by atoms with Crippen LogP contribution in [-0.4, -0.2) is 23.1 Å². The SMILES string of the molecule is Cc1cccc2c(N3CCCC3)ncnc12. The largest absolute Gasteiger partial charge is 0.356 e. The van der Waals surface area contributed by atoms with Crippen molar-refractivity contribution in [3.8, 4) is 0 Å². The highest BCUT2D eigenvalue weighted by molar-refractivity contribution is 5.91. The van der Waals surface area contributed by atoms with Crippen LogP contribution in [0.25, 0.3) is 10.9 Å². The number of anilines is 1. The first-order valence-corrected chi connectivity index (χ1v) is 5.81. The Balaban J connectivity index is 2.20. The van der Waals surface area contributed by atoms with Crippen molar-refractivity contribution >= 4 is 16.7 Å². The number of aryl methyl sites for hydroxylation is 1. The van der Waals surface area contributed by atoms with Gasteiger partial charge < -0.3 is 4.90 Å². The maximum absolute atomic E-state index is 4.44. The van der Waals surface area contributed by atoms with Crippen molar-refractivity contribution in [1.29, 1.82) is 0 Å². The molecule has 1 aliphatic heterocycles. The van der Waals surface area contributed by atoms with Crippen LogP contribution in [0.4, 0.5) is 5.82 Å². The van der Waals surface area contributed by atoms with Crippen molar-refractivity contribution in [2.75, 3.05) is 18.0 Å². The van der Waals surface area contributed by atoms with E-state index < -0.39 is 0 Å². The van der Waals surface area contributed by atoms with Crippen molar-refractivity contribution in [2.45, 2.75) is 19.8 Å². The highest BCUT2D eigenvalue weighted by Crippen LogP contribution is 2.27. The predicted octanol–water partition coefficient (Wildman–Crippen LogP) is 2.54. The molecule has 3 nitrogen and oxygen atoms in total. The summed E-state index contributed by atoms with van der Waals surface area (Å²) in [6.45, 7) is 4.35. The van der Waals surface area contributed by atoms with Gasteiger partial charge in [-0.15, -0.1) is 0 Å². The zero-order chi connectivity index (χ0) is 11.0. The fourth-order valence-corrected chi connectivity index (χ4v) is 2.40. The molecular formula is C13H15N3. The van der Waals surface area contributed by atoms with Gasteiger partial charge in [0.05, 0.1) is 5.52 Å². The molecule has 1 aromatic carbocycles. The van der Waals surface area contributed by atoms with Crippen LogP contribution in [0.5, 0.6) is 0 Å². The summed E-state index contributed by atoms with van der Waals surface area (Å²) >= 11 is 0.